The van der Waals surface area contributed by atoms with Crippen LogP contribution in [0.15, 0.2) is 64.4 Å². The van der Waals surface area contributed by atoms with E-state index < -0.39 is 46.4 Å². The summed E-state index contributed by atoms with van der Waals surface area (Å²) in [7, 11) is 0. The van der Waals surface area contributed by atoms with Crippen LogP contribution in [0.4, 0.5) is 15.8 Å². The Morgan fingerprint density at radius 2 is 1.72 bits per heavy atom. The van der Waals surface area contributed by atoms with Gasteiger partial charge in [0, 0.05) is 18.7 Å². The number of carbonyl (C=O) groups is 4. The predicted molar refractivity (Wildman–Crippen MR) is 161 cm³/mol. The number of nitrogen functional groups attached to an aromatic ring is 1. The number of carbonyl (C=O) groups excluding carboxylic acids is 3. The Balaban J connectivity index is 1.36. The molecule has 1 atom stereocenters. The molecule has 0 saturated carbocycles. The Labute approximate surface area is 257 Å². The summed E-state index contributed by atoms with van der Waals surface area (Å²) in [5.74, 6) is -4.05. The Hall–Kier alpha value is -6.45. The second-order valence-corrected chi connectivity index (χ2v) is 10.2. The van der Waals surface area contributed by atoms with Gasteiger partial charge in [-0.25, -0.2) is 19.2 Å². The fourth-order valence-electron chi connectivity index (χ4n) is 4.62. The molecule has 16 heteroatoms. The van der Waals surface area contributed by atoms with Gasteiger partial charge in [0.25, 0.3) is 28.6 Å². The third-order valence-electron chi connectivity index (χ3n) is 7.17. The van der Waals surface area contributed by atoms with Crippen molar-refractivity contribution < 1.29 is 28.7 Å². The van der Waals surface area contributed by atoms with E-state index in [2.05, 4.69) is 25.9 Å². The zero-order valence-corrected chi connectivity index (χ0v) is 24.0. The molecule has 0 aliphatic carbocycles. The van der Waals surface area contributed by atoms with Crippen molar-refractivity contribution in [2.75, 3.05) is 11.1 Å². The molecule has 3 aromatic carbocycles. The number of benzene rings is 2. The van der Waals surface area contributed by atoms with E-state index in [4.69, 9.17) is 16.6 Å². The van der Waals surface area contributed by atoms with Gasteiger partial charge >= 0.3 is 5.97 Å². The van der Waals surface area contributed by atoms with Gasteiger partial charge in [0.05, 0.1) is 11.6 Å². The molecule has 15 nitrogen and oxygen atoms in total. The monoisotopic (exact) mass is 628 g/mol. The number of nitrogens with two attached hydrogens (primary N) is 2. The summed E-state index contributed by atoms with van der Waals surface area (Å²) in [5, 5.41) is 17.1. The Kier molecular flexibility index (Phi) is 8.27. The molecule has 234 valence electrons. The minimum atomic E-state index is -1.10. The lowest BCUT2D eigenvalue weighted by Crippen LogP contribution is -2.37. The highest BCUT2D eigenvalue weighted by Gasteiger charge is 2.23. The summed E-state index contributed by atoms with van der Waals surface area (Å²) in [4.78, 5) is 80.8. The maximum Gasteiger partial charge on any atom is 0.335 e. The smallest absolute Gasteiger partial charge is 0.335 e. The number of nitrogens with zero attached hydrogens (tertiary/aromatic N) is 3. The number of anilines is 2. The highest BCUT2D eigenvalue weighted by atomic mass is 19.1. The van der Waals surface area contributed by atoms with Gasteiger partial charge < -0.3 is 32.5 Å². The molecule has 8 N–H and O–H groups in total. The molecule has 0 aliphatic heterocycles. The Bertz CT molecular complexity index is 2120. The van der Waals surface area contributed by atoms with Crippen molar-refractivity contribution in [3.8, 4) is 0 Å². The van der Waals surface area contributed by atoms with E-state index in [0.29, 0.717) is 11.1 Å². The van der Waals surface area contributed by atoms with Crippen LogP contribution >= 0.6 is 0 Å². The van der Waals surface area contributed by atoms with Crippen LogP contribution in [0.3, 0.4) is 0 Å². The summed E-state index contributed by atoms with van der Waals surface area (Å²) < 4.78 is 15.6. The minimum Gasteiger partial charge on any atom is -0.478 e. The van der Waals surface area contributed by atoms with Crippen molar-refractivity contribution in [2.45, 2.75) is 26.1 Å². The molecule has 0 radical (unpaired) electrons. The number of aromatic nitrogens is 3. The molecule has 0 bridgehead atoms. The van der Waals surface area contributed by atoms with Crippen molar-refractivity contribution in [3.63, 3.8) is 0 Å². The van der Waals surface area contributed by atoms with Crippen LogP contribution in [0, 0.1) is 5.82 Å². The van der Waals surface area contributed by atoms with Gasteiger partial charge in [-0.1, -0.05) is 18.2 Å². The number of primary amides is 1. The number of amides is 3. The summed E-state index contributed by atoms with van der Waals surface area (Å²) in [5.41, 5.74) is 9.51. The number of hydrogen-bond donors (Lipinski definition) is 6. The molecule has 3 amide bonds. The van der Waals surface area contributed by atoms with Crippen molar-refractivity contribution >= 4 is 40.7 Å². The van der Waals surface area contributed by atoms with E-state index >= 15 is 0 Å². The number of rotatable bonds is 11. The summed E-state index contributed by atoms with van der Waals surface area (Å²) >= 11 is 0. The minimum absolute atomic E-state index is 0.0731. The molecule has 46 heavy (non-hydrogen) atoms. The predicted octanol–water partition coefficient (Wildman–Crippen LogP) is 0.877. The zero-order chi connectivity index (χ0) is 33.3. The van der Waals surface area contributed by atoms with Crippen LogP contribution in [0.1, 0.15) is 71.5 Å². The number of nitrogens with one attached hydrogen (secondary N) is 3. The van der Waals surface area contributed by atoms with Gasteiger partial charge in [0.1, 0.15) is 34.9 Å². The number of hydrogen-bond acceptors (Lipinski definition) is 10. The highest BCUT2D eigenvalue weighted by molar-refractivity contribution is 6.01. The molecule has 0 saturated heterocycles. The first-order valence-corrected chi connectivity index (χ1v) is 13.6. The SMILES string of the molecule is C[C@H](NC(=O)c1cc(C(=O)NCc2ccc(F)c(CNc3c(N)c(=O)c3=O)c2)n2cnc(C(N)=O)c2n1)c1ccc(C(=O)O)cc1. The lowest BCUT2D eigenvalue weighted by Gasteiger charge is -2.15. The first kappa shape index (κ1) is 31.0. The summed E-state index contributed by atoms with van der Waals surface area (Å²) in [6, 6.07) is 10.5. The summed E-state index contributed by atoms with van der Waals surface area (Å²) in [6.07, 6.45) is 1.15. The third-order valence-corrected chi connectivity index (χ3v) is 7.17. The van der Waals surface area contributed by atoms with E-state index in [1.165, 1.54) is 40.8 Å². The average Bonchev–Trinajstić information content (AvgIpc) is 3.48. The van der Waals surface area contributed by atoms with E-state index in [0.717, 1.165) is 6.33 Å². The van der Waals surface area contributed by atoms with Crippen molar-refractivity contribution in [1.29, 1.82) is 0 Å². The molecular weight excluding hydrogens is 603 g/mol. The van der Waals surface area contributed by atoms with Gasteiger partial charge in [-0.05, 0) is 48.4 Å². The zero-order valence-electron chi connectivity index (χ0n) is 24.0. The molecule has 0 fully saturated rings. The third kappa shape index (κ3) is 5.99. The molecular formula is C30H25FN8O7. The number of imidazole rings is 1. The van der Waals surface area contributed by atoms with Crippen molar-refractivity contribution in [1.82, 2.24) is 25.0 Å². The van der Waals surface area contributed by atoms with Crippen LogP contribution in [0.25, 0.3) is 5.65 Å². The number of carboxylic acid groups (broad SMARTS) is 1. The van der Waals surface area contributed by atoms with Crippen LogP contribution in [-0.4, -0.2) is 43.2 Å². The Morgan fingerprint density at radius 1 is 1.00 bits per heavy atom. The van der Waals surface area contributed by atoms with E-state index in [1.807, 2.05) is 0 Å². The second kappa shape index (κ2) is 12.3. The Morgan fingerprint density at radius 3 is 2.37 bits per heavy atom. The first-order valence-electron chi connectivity index (χ1n) is 13.6. The largest absolute Gasteiger partial charge is 0.478 e. The van der Waals surface area contributed by atoms with Gasteiger partial charge in [-0.3, -0.25) is 28.4 Å². The molecule has 5 aromatic rings. The molecule has 0 spiro atoms. The fourth-order valence-corrected chi connectivity index (χ4v) is 4.62. The number of halogens is 1. The van der Waals surface area contributed by atoms with Crippen LogP contribution in [0.5, 0.6) is 0 Å². The molecule has 5 rings (SSSR count). The molecule has 0 aliphatic rings. The summed E-state index contributed by atoms with van der Waals surface area (Å²) in [6.45, 7) is 1.41. The molecule has 0 unspecified atom stereocenters. The fraction of sp³-hybridized carbons (Fsp3) is 0.133. The first-order chi connectivity index (χ1) is 21.8. The molecule has 2 aromatic heterocycles. The van der Waals surface area contributed by atoms with Gasteiger partial charge in [0.15, 0.2) is 11.3 Å². The second-order valence-electron chi connectivity index (χ2n) is 10.2. The number of aromatic carboxylic acids is 1. The van der Waals surface area contributed by atoms with Gasteiger partial charge in [-0.15, -0.1) is 0 Å². The highest BCUT2D eigenvalue weighted by Crippen LogP contribution is 2.18. The van der Waals surface area contributed by atoms with Gasteiger partial charge in [0.2, 0.25) is 0 Å². The van der Waals surface area contributed by atoms with Crippen molar-refractivity contribution in [2.24, 2.45) is 5.73 Å². The van der Waals surface area contributed by atoms with E-state index in [1.54, 1.807) is 19.1 Å². The number of fused-ring (bicyclic) bond motifs is 1. The standard InChI is InChI=1S/C30H25FN8O7/c1-13(15-3-5-16(6-4-15)30(45)46)37-28(43)19-9-20(39-12-36-23(26(33)42)27(39)38-19)29(44)35-10-14-2-7-18(31)17(8-14)11-34-22-21(32)24(40)25(22)41/h2-9,12-13,34H,10-11,32H2,1H3,(H2,33,42)(H,35,44)(H,37,43)(H,45,46)/t13-/m0/s1. The van der Waals surface area contributed by atoms with Gasteiger partial charge in [-0.2, -0.15) is 0 Å². The molecule has 2 heterocycles. The maximum absolute atomic E-state index is 14.4. The lowest BCUT2D eigenvalue weighted by molar-refractivity contribution is 0.0695. The lowest BCUT2D eigenvalue weighted by atomic mass is 10.1. The number of carboxylic acids is 1. The van der Waals surface area contributed by atoms with E-state index in [9.17, 15) is 33.2 Å². The average molecular weight is 629 g/mol. The van der Waals surface area contributed by atoms with Crippen LogP contribution in [-0.2, 0) is 13.1 Å². The van der Waals surface area contributed by atoms with Crippen molar-refractivity contribution in [3.05, 3.63) is 120 Å². The van der Waals surface area contributed by atoms with Crippen LogP contribution < -0.4 is 38.3 Å². The van der Waals surface area contributed by atoms with Crippen LogP contribution in [0.2, 0.25) is 0 Å². The topological polar surface area (TPSA) is 241 Å². The maximum atomic E-state index is 14.4. The van der Waals surface area contributed by atoms with E-state index in [-0.39, 0.29) is 58.3 Å². The normalized spacial score (nSPS) is 11.7. The quantitative estimate of drug-likeness (QED) is 0.112.